The van der Waals surface area contributed by atoms with E-state index in [9.17, 15) is 18.3 Å². The molecule has 0 saturated heterocycles. The van der Waals surface area contributed by atoms with Crippen LogP contribution in [0.5, 0.6) is 0 Å². The maximum absolute atomic E-state index is 13.4. The summed E-state index contributed by atoms with van der Waals surface area (Å²) >= 11 is 5.58. The van der Waals surface area contributed by atoms with Crippen molar-refractivity contribution in [2.45, 2.75) is 12.0 Å². The van der Waals surface area contributed by atoms with Gasteiger partial charge < -0.3 is 10.8 Å². The summed E-state index contributed by atoms with van der Waals surface area (Å²) in [6, 6.07) is 6.73. The van der Waals surface area contributed by atoms with E-state index in [4.69, 9.17) is 17.3 Å². The molecule has 2 nitrogen and oxygen atoms in total. The first kappa shape index (κ1) is 15.8. The van der Waals surface area contributed by atoms with Crippen LogP contribution in [0.15, 0.2) is 36.4 Å². The molecule has 0 aliphatic carbocycles. The van der Waals surface area contributed by atoms with Gasteiger partial charge in [-0.3, -0.25) is 0 Å². The normalized spacial score (nSPS) is 14.0. The summed E-state index contributed by atoms with van der Waals surface area (Å²) in [5.41, 5.74) is 6.03. The van der Waals surface area contributed by atoms with Crippen molar-refractivity contribution < 1.29 is 18.3 Å². The first-order chi connectivity index (χ1) is 9.92. The van der Waals surface area contributed by atoms with E-state index in [1.807, 2.05) is 0 Å². The van der Waals surface area contributed by atoms with Crippen LogP contribution in [-0.2, 0) is 0 Å². The first-order valence-corrected chi connectivity index (χ1v) is 6.59. The fourth-order valence-electron chi connectivity index (χ4n) is 2.17. The van der Waals surface area contributed by atoms with Crippen LogP contribution in [0.3, 0.4) is 0 Å². The van der Waals surface area contributed by atoms with E-state index in [0.29, 0.717) is 0 Å². The maximum Gasteiger partial charge on any atom is 0.142 e. The third-order valence-electron chi connectivity index (χ3n) is 3.23. The minimum atomic E-state index is -1.21. The van der Waals surface area contributed by atoms with Crippen LogP contribution >= 0.6 is 11.6 Å². The zero-order chi connectivity index (χ0) is 15.6. The summed E-state index contributed by atoms with van der Waals surface area (Å²) in [6.45, 7) is -0.0612. The molecule has 0 aromatic heterocycles. The van der Waals surface area contributed by atoms with Gasteiger partial charge in [0.2, 0.25) is 0 Å². The molecule has 21 heavy (non-hydrogen) atoms. The van der Waals surface area contributed by atoms with E-state index in [-0.39, 0.29) is 22.7 Å². The lowest BCUT2D eigenvalue weighted by molar-refractivity contribution is 0.147. The molecule has 0 heterocycles. The molecular weight excluding hydrogens is 303 g/mol. The highest BCUT2D eigenvalue weighted by Crippen LogP contribution is 2.32. The largest absolute Gasteiger partial charge is 0.388 e. The summed E-state index contributed by atoms with van der Waals surface area (Å²) in [7, 11) is 0. The van der Waals surface area contributed by atoms with E-state index in [0.717, 1.165) is 24.3 Å². The number of halogens is 4. The van der Waals surface area contributed by atoms with Gasteiger partial charge in [-0.25, -0.2) is 13.2 Å². The number of hydrogen-bond donors (Lipinski definition) is 2. The van der Waals surface area contributed by atoms with E-state index in [1.165, 1.54) is 12.1 Å². The molecule has 0 radical (unpaired) electrons. The predicted molar refractivity (Wildman–Crippen MR) is 74.5 cm³/mol. The van der Waals surface area contributed by atoms with Crippen LogP contribution in [-0.4, -0.2) is 11.7 Å². The van der Waals surface area contributed by atoms with Crippen molar-refractivity contribution in [3.63, 3.8) is 0 Å². The van der Waals surface area contributed by atoms with Crippen LogP contribution in [0.1, 0.15) is 23.1 Å². The quantitative estimate of drug-likeness (QED) is 0.906. The molecule has 0 amide bonds. The van der Waals surface area contributed by atoms with Gasteiger partial charge in [-0.2, -0.15) is 0 Å². The molecule has 0 bridgehead atoms. The van der Waals surface area contributed by atoms with Crippen molar-refractivity contribution in [1.82, 2.24) is 0 Å². The Morgan fingerprint density at radius 1 is 1.00 bits per heavy atom. The Hall–Kier alpha value is -1.56. The Morgan fingerprint density at radius 3 is 2.14 bits per heavy atom. The number of hydrogen-bond acceptors (Lipinski definition) is 2. The molecule has 0 saturated carbocycles. The number of rotatable bonds is 4. The van der Waals surface area contributed by atoms with Gasteiger partial charge in [-0.05, 0) is 35.4 Å². The highest BCUT2D eigenvalue weighted by atomic mass is 35.5. The lowest BCUT2D eigenvalue weighted by Crippen LogP contribution is -2.20. The van der Waals surface area contributed by atoms with Crippen molar-refractivity contribution >= 4 is 11.6 Å². The Morgan fingerprint density at radius 2 is 1.62 bits per heavy atom. The molecule has 2 aromatic carbocycles. The van der Waals surface area contributed by atoms with Crippen LogP contribution in [0.2, 0.25) is 5.02 Å². The monoisotopic (exact) mass is 315 g/mol. The standard InChI is InChI=1S/C15H13ClF3NO/c16-13-2-1-8(5-14(13)19)15(21)12(7-20)9-3-10(17)6-11(18)4-9/h1-6,12,15,21H,7,20H2. The summed E-state index contributed by atoms with van der Waals surface area (Å²) in [6.07, 6.45) is -1.21. The second-order valence-corrected chi connectivity index (χ2v) is 5.07. The lowest BCUT2D eigenvalue weighted by atomic mass is 9.89. The SMILES string of the molecule is NCC(c1cc(F)cc(F)c1)C(O)c1ccc(Cl)c(F)c1. The lowest BCUT2D eigenvalue weighted by Gasteiger charge is -2.22. The molecule has 2 aromatic rings. The average molecular weight is 316 g/mol. The van der Waals surface area contributed by atoms with Gasteiger partial charge in [0, 0.05) is 18.5 Å². The molecular formula is C15H13ClF3NO. The third kappa shape index (κ3) is 3.56. The van der Waals surface area contributed by atoms with Gasteiger partial charge in [0.05, 0.1) is 11.1 Å². The highest BCUT2D eigenvalue weighted by molar-refractivity contribution is 6.30. The molecule has 0 spiro atoms. The van der Waals surface area contributed by atoms with Crippen LogP contribution in [0.4, 0.5) is 13.2 Å². The van der Waals surface area contributed by atoms with Crippen LogP contribution in [0, 0.1) is 17.5 Å². The number of benzene rings is 2. The number of aliphatic hydroxyl groups is 1. The van der Waals surface area contributed by atoms with Gasteiger partial charge in [0.15, 0.2) is 0 Å². The Bertz CT molecular complexity index is 631. The molecule has 0 aliphatic rings. The van der Waals surface area contributed by atoms with Crippen LogP contribution < -0.4 is 5.73 Å². The molecule has 2 unspecified atom stereocenters. The van der Waals surface area contributed by atoms with E-state index >= 15 is 0 Å². The van der Waals surface area contributed by atoms with Gasteiger partial charge in [0.25, 0.3) is 0 Å². The first-order valence-electron chi connectivity index (χ1n) is 6.21. The average Bonchev–Trinajstić information content (AvgIpc) is 2.41. The molecule has 0 fully saturated rings. The second-order valence-electron chi connectivity index (χ2n) is 4.66. The summed E-state index contributed by atoms with van der Waals surface area (Å²) < 4.78 is 40.0. The number of nitrogens with two attached hydrogens (primary N) is 1. The topological polar surface area (TPSA) is 46.2 Å². The van der Waals surface area contributed by atoms with Gasteiger partial charge >= 0.3 is 0 Å². The summed E-state index contributed by atoms with van der Waals surface area (Å²) in [5.74, 6) is -2.99. The summed E-state index contributed by atoms with van der Waals surface area (Å²) in [5, 5.41) is 10.2. The molecule has 112 valence electrons. The fraction of sp³-hybridized carbons (Fsp3) is 0.200. The molecule has 2 atom stereocenters. The van der Waals surface area contributed by atoms with E-state index < -0.39 is 29.5 Å². The predicted octanol–water partition coefficient (Wildman–Crippen LogP) is 3.53. The van der Waals surface area contributed by atoms with E-state index in [2.05, 4.69) is 0 Å². The smallest absolute Gasteiger partial charge is 0.142 e. The van der Waals surface area contributed by atoms with Gasteiger partial charge in [0.1, 0.15) is 17.5 Å². The van der Waals surface area contributed by atoms with Crippen molar-refractivity contribution in [2.24, 2.45) is 5.73 Å². The van der Waals surface area contributed by atoms with Gasteiger partial charge in [-0.1, -0.05) is 17.7 Å². The molecule has 0 aliphatic heterocycles. The van der Waals surface area contributed by atoms with Crippen molar-refractivity contribution in [3.05, 3.63) is 70.0 Å². The second kappa shape index (κ2) is 6.47. The van der Waals surface area contributed by atoms with Crippen LogP contribution in [0.25, 0.3) is 0 Å². The molecule has 3 N–H and O–H groups in total. The van der Waals surface area contributed by atoms with E-state index in [1.54, 1.807) is 0 Å². The van der Waals surface area contributed by atoms with Crippen molar-refractivity contribution in [1.29, 1.82) is 0 Å². The zero-order valence-electron chi connectivity index (χ0n) is 10.9. The minimum absolute atomic E-state index is 0.0612. The number of aliphatic hydroxyl groups excluding tert-OH is 1. The molecule has 6 heteroatoms. The Balaban J connectivity index is 2.37. The van der Waals surface area contributed by atoms with Crippen molar-refractivity contribution in [2.75, 3.05) is 6.54 Å². The minimum Gasteiger partial charge on any atom is -0.388 e. The highest BCUT2D eigenvalue weighted by Gasteiger charge is 2.23. The Kier molecular flexibility index (Phi) is 4.88. The fourth-order valence-corrected chi connectivity index (χ4v) is 2.28. The maximum atomic E-state index is 13.4. The third-order valence-corrected chi connectivity index (χ3v) is 3.54. The zero-order valence-corrected chi connectivity index (χ0v) is 11.6. The van der Waals surface area contributed by atoms with Crippen molar-refractivity contribution in [3.8, 4) is 0 Å². The summed E-state index contributed by atoms with van der Waals surface area (Å²) in [4.78, 5) is 0. The molecule has 2 rings (SSSR count). The van der Waals surface area contributed by atoms with Gasteiger partial charge in [-0.15, -0.1) is 0 Å². The Labute approximate surface area is 125 Å².